The van der Waals surface area contributed by atoms with Crippen LogP contribution in [0.2, 0.25) is 10.0 Å². The molecule has 37 heavy (non-hydrogen) atoms. The maximum Gasteiger partial charge on any atom is 0.402 e. The Hall–Kier alpha value is -2.11. The second-order valence-corrected chi connectivity index (χ2v) is 12.6. The van der Waals surface area contributed by atoms with Gasteiger partial charge in [-0.3, -0.25) is 0 Å². The maximum absolute atomic E-state index is 13.1. The Labute approximate surface area is 221 Å². The first-order valence-electron chi connectivity index (χ1n) is 11.8. The van der Waals surface area contributed by atoms with Gasteiger partial charge in [0.2, 0.25) is 0 Å². The Morgan fingerprint density at radius 2 is 1.78 bits per heavy atom. The molecule has 3 aromatic rings. The van der Waals surface area contributed by atoms with E-state index in [0.29, 0.717) is 44.2 Å². The molecule has 2 aromatic carbocycles. The first-order chi connectivity index (χ1) is 17.4. The summed E-state index contributed by atoms with van der Waals surface area (Å²) in [5.74, 6) is 0.354. The Morgan fingerprint density at radius 3 is 2.49 bits per heavy atom. The van der Waals surface area contributed by atoms with E-state index in [1.165, 1.54) is 0 Å². The number of alkyl halides is 3. The molecule has 3 aliphatic rings. The van der Waals surface area contributed by atoms with Crippen molar-refractivity contribution in [1.29, 1.82) is 0 Å². The molecule has 12 heteroatoms. The summed E-state index contributed by atoms with van der Waals surface area (Å²) in [5, 5.41) is 5.12. The van der Waals surface area contributed by atoms with Gasteiger partial charge in [-0.2, -0.15) is 30.6 Å². The van der Waals surface area contributed by atoms with E-state index in [0.717, 1.165) is 29.5 Å². The van der Waals surface area contributed by atoms with Crippen molar-refractivity contribution in [3.63, 3.8) is 0 Å². The minimum absolute atomic E-state index is 0.0819. The van der Waals surface area contributed by atoms with Gasteiger partial charge in [0.05, 0.1) is 10.6 Å². The van der Waals surface area contributed by atoms with Crippen LogP contribution in [0.15, 0.2) is 47.0 Å². The lowest BCUT2D eigenvalue weighted by Gasteiger charge is -2.33. The topological polar surface area (TPSA) is 75.4 Å². The van der Waals surface area contributed by atoms with Gasteiger partial charge in [0, 0.05) is 28.8 Å². The first kappa shape index (κ1) is 25.2. The van der Waals surface area contributed by atoms with E-state index in [2.05, 4.69) is 9.88 Å². The fourth-order valence-corrected chi connectivity index (χ4v) is 8.45. The zero-order valence-electron chi connectivity index (χ0n) is 19.4. The molecule has 196 valence electrons. The normalized spacial score (nSPS) is 26.9. The quantitative estimate of drug-likeness (QED) is 0.425. The number of hydrogen-bond donors (Lipinski definition) is 1. The minimum atomic E-state index is -4.60. The van der Waals surface area contributed by atoms with E-state index in [1.807, 2.05) is 18.2 Å². The van der Waals surface area contributed by atoms with Crippen molar-refractivity contribution in [3.8, 4) is 22.6 Å². The Kier molecular flexibility index (Phi) is 5.93. The molecule has 0 amide bonds. The molecule has 1 saturated heterocycles. The minimum Gasteiger partial charge on any atom is -0.356 e. The summed E-state index contributed by atoms with van der Waals surface area (Å²) in [5.41, 5.74) is 3.26. The van der Waals surface area contributed by atoms with E-state index >= 15 is 0 Å². The van der Waals surface area contributed by atoms with Crippen LogP contribution in [0.3, 0.4) is 0 Å². The van der Waals surface area contributed by atoms with E-state index < -0.39 is 28.5 Å². The fourth-order valence-electron chi connectivity index (χ4n) is 6.23. The summed E-state index contributed by atoms with van der Waals surface area (Å²) in [6.07, 6.45) is -1.93. The molecule has 3 atom stereocenters. The summed E-state index contributed by atoms with van der Waals surface area (Å²) in [6, 6.07) is 12.8. The summed E-state index contributed by atoms with van der Waals surface area (Å²) >= 11 is 12.3. The number of fused-ring (bicyclic) bond motifs is 1. The zero-order chi connectivity index (χ0) is 26.2. The summed E-state index contributed by atoms with van der Waals surface area (Å²) < 4.78 is 73.6. The van der Waals surface area contributed by atoms with Gasteiger partial charge in [0.15, 0.2) is 5.76 Å². The number of nitrogens with zero attached hydrogens (tertiary/aromatic N) is 2. The monoisotopic (exact) mass is 571 g/mol. The lowest BCUT2D eigenvalue weighted by Crippen LogP contribution is -2.52. The van der Waals surface area contributed by atoms with Crippen molar-refractivity contribution in [2.24, 2.45) is 11.8 Å². The molecule has 2 bridgehead atoms. The highest BCUT2D eigenvalue weighted by molar-refractivity contribution is 7.87. The third kappa shape index (κ3) is 4.46. The molecule has 1 aromatic heterocycles. The van der Waals surface area contributed by atoms with Gasteiger partial charge >= 0.3 is 6.18 Å². The molecule has 1 spiro atoms. The smallest absolute Gasteiger partial charge is 0.356 e. The van der Waals surface area contributed by atoms with Crippen molar-refractivity contribution >= 4 is 33.4 Å². The van der Waals surface area contributed by atoms with Crippen LogP contribution in [0.5, 0.6) is 0 Å². The second kappa shape index (κ2) is 8.71. The number of rotatable bonds is 3. The second-order valence-electron chi connectivity index (χ2n) is 10.1. The Bertz CT molecular complexity index is 1490. The third-order valence-corrected chi connectivity index (χ3v) is 10.0. The van der Waals surface area contributed by atoms with Crippen LogP contribution < -0.4 is 4.72 Å². The van der Waals surface area contributed by atoms with Crippen molar-refractivity contribution in [3.05, 3.63) is 63.6 Å². The van der Waals surface area contributed by atoms with Crippen molar-refractivity contribution in [2.75, 3.05) is 13.1 Å². The summed E-state index contributed by atoms with van der Waals surface area (Å²) in [4.78, 5) is 0. The largest absolute Gasteiger partial charge is 0.402 e. The molecular formula is C25H22Cl2F3N3O3S. The van der Waals surface area contributed by atoms with Gasteiger partial charge in [0.1, 0.15) is 12.2 Å². The molecule has 2 aliphatic carbocycles. The molecular weight excluding hydrogens is 550 g/mol. The maximum atomic E-state index is 13.1. The molecule has 2 fully saturated rings. The van der Waals surface area contributed by atoms with E-state index in [9.17, 15) is 21.6 Å². The number of nitrogens with one attached hydrogen (secondary N) is 1. The highest BCUT2D eigenvalue weighted by atomic mass is 35.5. The van der Waals surface area contributed by atoms with Gasteiger partial charge in [-0.15, -0.1) is 0 Å². The predicted octanol–water partition coefficient (Wildman–Crippen LogP) is 5.89. The highest BCUT2D eigenvalue weighted by Gasteiger charge is 2.60. The molecule has 2 heterocycles. The van der Waals surface area contributed by atoms with E-state index in [-0.39, 0.29) is 18.4 Å². The molecule has 1 aliphatic heterocycles. The van der Waals surface area contributed by atoms with Crippen LogP contribution in [0.4, 0.5) is 13.2 Å². The lowest BCUT2D eigenvalue weighted by atomic mass is 9.79. The van der Waals surface area contributed by atoms with Crippen LogP contribution in [0, 0.1) is 11.8 Å². The van der Waals surface area contributed by atoms with Crippen LogP contribution in [0.1, 0.15) is 24.0 Å². The number of aromatic nitrogens is 1. The van der Waals surface area contributed by atoms with Crippen LogP contribution >= 0.6 is 23.2 Å². The molecule has 1 saturated carbocycles. The summed E-state index contributed by atoms with van der Waals surface area (Å²) in [6.45, 7) is -1.65. The Balaban J connectivity index is 1.29. The number of hydrogen-bond acceptors (Lipinski definition) is 4. The van der Waals surface area contributed by atoms with Crippen LogP contribution in [-0.2, 0) is 23.1 Å². The van der Waals surface area contributed by atoms with Crippen LogP contribution in [0.25, 0.3) is 22.6 Å². The fraction of sp³-hybridized carbons (Fsp3) is 0.400. The van der Waals surface area contributed by atoms with Crippen LogP contribution in [-0.4, -0.2) is 42.7 Å². The van der Waals surface area contributed by atoms with E-state index in [1.54, 1.807) is 24.3 Å². The highest BCUT2D eigenvalue weighted by Crippen LogP contribution is 2.51. The zero-order valence-corrected chi connectivity index (χ0v) is 21.7. The van der Waals surface area contributed by atoms with Gasteiger partial charge in [-0.1, -0.05) is 40.5 Å². The Morgan fingerprint density at radius 1 is 1.05 bits per heavy atom. The SMILES string of the molecule is O=S1(=O)N[C@@]2(CN1CC(F)(F)F)[C@@H]1CC[C@H]2Cc2ccc(-c3cc(-c4ccc(Cl)cc4Cl)no3)cc2C1. The number of benzene rings is 2. The van der Waals surface area contributed by atoms with Gasteiger partial charge in [-0.05, 0) is 72.9 Å². The van der Waals surface area contributed by atoms with Crippen molar-refractivity contribution < 1.29 is 26.1 Å². The first-order valence-corrected chi connectivity index (χ1v) is 14.0. The van der Waals surface area contributed by atoms with E-state index in [4.69, 9.17) is 27.7 Å². The standard InChI is InChI=1S/C25H22Cl2F3N3O3S/c26-19-5-6-20(21(27)10-19)22-11-23(36-31-22)15-2-1-14-8-17-3-4-18(9-16(14)7-15)24(17)12-33(13-25(28,29)30)37(34,35)32-24/h1-2,5-7,10-11,17-18,32H,3-4,8-9,12-13H2/t17-,18+,24+/m0/s1. The summed E-state index contributed by atoms with van der Waals surface area (Å²) in [7, 11) is -4.22. The van der Waals surface area contributed by atoms with Gasteiger partial charge < -0.3 is 4.52 Å². The molecule has 0 radical (unpaired) electrons. The molecule has 1 N–H and O–H groups in total. The van der Waals surface area contributed by atoms with Crippen molar-refractivity contribution in [1.82, 2.24) is 14.2 Å². The third-order valence-electron chi connectivity index (χ3n) is 7.91. The molecule has 0 unspecified atom stereocenters. The number of halogens is 5. The van der Waals surface area contributed by atoms with Gasteiger partial charge in [-0.25, -0.2) is 0 Å². The lowest BCUT2D eigenvalue weighted by molar-refractivity contribution is -0.136. The van der Waals surface area contributed by atoms with Crippen molar-refractivity contribution in [2.45, 2.75) is 37.4 Å². The predicted molar refractivity (Wildman–Crippen MR) is 133 cm³/mol. The molecule has 6 rings (SSSR count). The average Bonchev–Trinajstić information content (AvgIpc) is 3.42. The molecule has 6 nitrogen and oxygen atoms in total. The van der Waals surface area contributed by atoms with Gasteiger partial charge in [0.25, 0.3) is 10.2 Å². The average molecular weight is 572 g/mol.